The molecule has 0 saturated heterocycles. The Bertz CT molecular complexity index is 900. The lowest BCUT2D eigenvalue weighted by atomic mass is 10.1. The molecule has 2 nitrogen and oxygen atoms in total. The zero-order chi connectivity index (χ0) is 16.9. The minimum atomic E-state index is 0.590. The Hall–Kier alpha value is -2.22. The minimum absolute atomic E-state index is 0.590. The van der Waals surface area contributed by atoms with Crippen LogP contribution >= 0.6 is 27.3 Å². The summed E-state index contributed by atoms with van der Waals surface area (Å²) >= 11 is 4.93. The van der Waals surface area contributed by atoms with Gasteiger partial charge in [-0.3, -0.25) is 0 Å². The fourth-order valence-corrected chi connectivity index (χ4v) is 3.37. The summed E-state index contributed by atoms with van der Waals surface area (Å²) in [6.45, 7) is 2.13. The van der Waals surface area contributed by atoms with Crippen LogP contribution in [0.15, 0.2) is 58.4 Å². The molecule has 0 amide bonds. The molecule has 0 aliphatic rings. The molecule has 0 saturated carbocycles. The van der Waals surface area contributed by atoms with Gasteiger partial charge in [0.25, 0.3) is 0 Å². The predicted octanol–water partition coefficient (Wildman–Crippen LogP) is 6.20. The average Bonchev–Trinajstić information content (AvgIpc) is 3.10. The second-order valence-electron chi connectivity index (χ2n) is 5.31. The molecule has 0 fully saturated rings. The highest BCUT2D eigenvalue weighted by Gasteiger charge is 2.09. The van der Waals surface area contributed by atoms with E-state index in [2.05, 4.69) is 46.0 Å². The van der Waals surface area contributed by atoms with Gasteiger partial charge in [-0.25, -0.2) is 4.98 Å². The highest BCUT2D eigenvalue weighted by atomic mass is 79.9. The van der Waals surface area contributed by atoms with Crippen molar-refractivity contribution in [3.8, 4) is 17.3 Å². The van der Waals surface area contributed by atoms with Crippen molar-refractivity contribution in [2.24, 2.45) is 0 Å². The summed E-state index contributed by atoms with van der Waals surface area (Å²) in [6, 6.07) is 18.6. The molecule has 0 spiro atoms. The number of aromatic nitrogens is 1. The lowest BCUT2D eigenvalue weighted by Gasteiger charge is -1.99. The zero-order valence-corrected chi connectivity index (χ0v) is 15.6. The molecule has 0 N–H and O–H groups in total. The van der Waals surface area contributed by atoms with Gasteiger partial charge < -0.3 is 0 Å². The molecule has 0 bridgehead atoms. The van der Waals surface area contributed by atoms with Crippen LogP contribution in [-0.2, 0) is 6.42 Å². The van der Waals surface area contributed by atoms with Crippen molar-refractivity contribution >= 4 is 38.9 Å². The second-order valence-corrected chi connectivity index (χ2v) is 7.08. The van der Waals surface area contributed by atoms with Crippen LogP contribution < -0.4 is 0 Å². The molecule has 3 aromatic rings. The number of rotatable bonds is 4. The summed E-state index contributed by atoms with van der Waals surface area (Å²) in [7, 11) is 0. The van der Waals surface area contributed by atoms with Crippen LogP contribution in [0.4, 0.5) is 0 Å². The van der Waals surface area contributed by atoms with Crippen molar-refractivity contribution in [2.45, 2.75) is 13.3 Å². The molecule has 0 unspecified atom stereocenters. The average molecular weight is 395 g/mol. The molecule has 0 atom stereocenters. The number of nitriles is 1. The fraction of sp³-hybridized carbons (Fsp3) is 0.100. The van der Waals surface area contributed by atoms with Gasteiger partial charge in [0, 0.05) is 15.4 Å². The highest BCUT2D eigenvalue weighted by Crippen LogP contribution is 2.28. The van der Waals surface area contributed by atoms with Crippen LogP contribution in [0.1, 0.15) is 23.1 Å². The Kier molecular flexibility index (Phi) is 5.24. The van der Waals surface area contributed by atoms with Crippen LogP contribution in [-0.4, -0.2) is 4.98 Å². The first-order chi connectivity index (χ1) is 11.7. The van der Waals surface area contributed by atoms with Crippen LogP contribution in [0.2, 0.25) is 0 Å². The Balaban J connectivity index is 1.90. The van der Waals surface area contributed by atoms with E-state index in [4.69, 9.17) is 0 Å². The zero-order valence-electron chi connectivity index (χ0n) is 13.2. The fourth-order valence-electron chi connectivity index (χ4n) is 2.31. The third-order valence-electron chi connectivity index (χ3n) is 3.69. The largest absolute Gasteiger partial charge is 0.235 e. The van der Waals surface area contributed by atoms with E-state index in [9.17, 15) is 5.26 Å². The molecule has 0 radical (unpaired) electrons. The quantitative estimate of drug-likeness (QED) is 0.493. The monoisotopic (exact) mass is 394 g/mol. The van der Waals surface area contributed by atoms with Crippen molar-refractivity contribution < 1.29 is 0 Å². The Labute approximate surface area is 154 Å². The number of hydrogen-bond donors (Lipinski definition) is 0. The highest BCUT2D eigenvalue weighted by molar-refractivity contribution is 9.10. The van der Waals surface area contributed by atoms with E-state index >= 15 is 0 Å². The number of hydrogen-bond acceptors (Lipinski definition) is 3. The molecular weight excluding hydrogens is 380 g/mol. The van der Waals surface area contributed by atoms with Gasteiger partial charge in [-0.2, -0.15) is 5.26 Å². The maximum atomic E-state index is 9.50. The van der Waals surface area contributed by atoms with Crippen molar-refractivity contribution in [2.75, 3.05) is 0 Å². The minimum Gasteiger partial charge on any atom is -0.235 e. The number of benzene rings is 2. The van der Waals surface area contributed by atoms with E-state index in [1.807, 2.05) is 47.9 Å². The maximum absolute atomic E-state index is 9.50. The molecule has 1 aromatic heterocycles. The van der Waals surface area contributed by atoms with Gasteiger partial charge in [-0.05, 0) is 35.8 Å². The van der Waals surface area contributed by atoms with E-state index in [-0.39, 0.29) is 0 Å². The standard InChI is InChI=1S/C20H15BrN2S/c1-2-14-3-5-15(6-4-14)11-17(12-22)20-23-19(13-24-20)16-7-9-18(21)10-8-16/h3-11,13H,2H2,1H3/b17-11-. The van der Waals surface area contributed by atoms with Crippen molar-refractivity contribution in [1.82, 2.24) is 4.98 Å². The van der Waals surface area contributed by atoms with Gasteiger partial charge in [0.1, 0.15) is 11.1 Å². The van der Waals surface area contributed by atoms with Crippen LogP contribution in [0.3, 0.4) is 0 Å². The molecule has 0 aliphatic carbocycles. The molecule has 0 aliphatic heterocycles. The third-order valence-corrected chi connectivity index (χ3v) is 5.10. The molecule has 24 heavy (non-hydrogen) atoms. The van der Waals surface area contributed by atoms with Crippen molar-refractivity contribution in [3.63, 3.8) is 0 Å². The first-order valence-electron chi connectivity index (χ1n) is 7.62. The number of aryl methyl sites for hydroxylation is 1. The number of allylic oxidation sites excluding steroid dienone is 1. The first-order valence-corrected chi connectivity index (χ1v) is 9.29. The SMILES string of the molecule is CCc1ccc(/C=C(/C#N)c2nc(-c3ccc(Br)cc3)cs2)cc1. The van der Waals surface area contributed by atoms with Crippen molar-refractivity contribution in [1.29, 1.82) is 5.26 Å². The van der Waals surface area contributed by atoms with Gasteiger partial charge in [-0.15, -0.1) is 11.3 Å². The van der Waals surface area contributed by atoms with Gasteiger partial charge in [-0.1, -0.05) is 59.3 Å². The van der Waals surface area contributed by atoms with E-state index in [0.717, 1.165) is 32.7 Å². The number of thiazole rings is 1. The van der Waals surface area contributed by atoms with Crippen LogP contribution in [0.25, 0.3) is 22.9 Å². The van der Waals surface area contributed by atoms with E-state index in [1.165, 1.54) is 16.9 Å². The van der Waals surface area contributed by atoms with Gasteiger partial charge in [0.05, 0.1) is 11.3 Å². The number of nitrogens with zero attached hydrogens (tertiary/aromatic N) is 2. The Morgan fingerprint density at radius 2 is 1.88 bits per heavy atom. The summed E-state index contributed by atoms with van der Waals surface area (Å²) in [5.74, 6) is 0. The summed E-state index contributed by atoms with van der Waals surface area (Å²) in [4.78, 5) is 4.62. The van der Waals surface area contributed by atoms with Crippen LogP contribution in [0, 0.1) is 11.3 Å². The van der Waals surface area contributed by atoms with E-state index in [1.54, 1.807) is 0 Å². The lowest BCUT2D eigenvalue weighted by molar-refractivity contribution is 1.14. The Morgan fingerprint density at radius 3 is 2.50 bits per heavy atom. The first kappa shape index (κ1) is 16.6. The lowest BCUT2D eigenvalue weighted by Crippen LogP contribution is -1.84. The summed E-state index contributed by atoms with van der Waals surface area (Å²) < 4.78 is 1.04. The molecular formula is C20H15BrN2S. The maximum Gasteiger partial charge on any atom is 0.134 e. The molecule has 2 aromatic carbocycles. The molecule has 118 valence electrons. The predicted molar refractivity (Wildman–Crippen MR) is 105 cm³/mol. The van der Waals surface area contributed by atoms with Gasteiger partial charge in [0.2, 0.25) is 0 Å². The normalized spacial score (nSPS) is 11.3. The summed E-state index contributed by atoms with van der Waals surface area (Å²) in [5.41, 5.74) is 4.84. The second kappa shape index (κ2) is 7.57. The van der Waals surface area contributed by atoms with E-state index < -0.39 is 0 Å². The molecule has 3 rings (SSSR count). The topological polar surface area (TPSA) is 36.7 Å². The third kappa shape index (κ3) is 3.81. The summed E-state index contributed by atoms with van der Waals surface area (Å²) in [6.07, 6.45) is 2.90. The van der Waals surface area contributed by atoms with Crippen LogP contribution in [0.5, 0.6) is 0 Å². The smallest absolute Gasteiger partial charge is 0.134 e. The molecule has 4 heteroatoms. The molecule has 1 heterocycles. The van der Waals surface area contributed by atoms with Crippen molar-refractivity contribution in [3.05, 3.63) is 74.5 Å². The summed E-state index contributed by atoms with van der Waals surface area (Å²) in [5, 5.41) is 12.2. The van der Waals surface area contributed by atoms with Gasteiger partial charge >= 0.3 is 0 Å². The Morgan fingerprint density at radius 1 is 1.17 bits per heavy atom. The van der Waals surface area contributed by atoms with E-state index in [0.29, 0.717) is 5.57 Å². The number of halogens is 1. The van der Waals surface area contributed by atoms with Gasteiger partial charge in [0.15, 0.2) is 0 Å².